The number of amides is 1. The van der Waals surface area contributed by atoms with Gasteiger partial charge >= 0.3 is 5.97 Å². The van der Waals surface area contributed by atoms with Crippen molar-refractivity contribution in [2.24, 2.45) is 0 Å². The maximum absolute atomic E-state index is 10.5. The molecular formula is C7H15NO5. The number of rotatable bonds is 3. The van der Waals surface area contributed by atoms with Crippen LogP contribution in [-0.2, 0) is 9.59 Å². The lowest BCUT2D eigenvalue weighted by Crippen LogP contribution is -2.44. The van der Waals surface area contributed by atoms with Gasteiger partial charge in [0, 0.05) is 7.05 Å². The zero-order valence-corrected chi connectivity index (χ0v) is 7.81. The van der Waals surface area contributed by atoms with Gasteiger partial charge in [0.15, 0.2) is 12.2 Å². The van der Waals surface area contributed by atoms with Crippen molar-refractivity contribution < 1.29 is 24.9 Å². The molecule has 0 rings (SSSR count). The highest BCUT2D eigenvalue weighted by Gasteiger charge is 2.28. The van der Waals surface area contributed by atoms with Crippen molar-refractivity contribution in [2.45, 2.75) is 26.1 Å². The highest BCUT2D eigenvalue weighted by molar-refractivity contribution is 5.87. The van der Waals surface area contributed by atoms with Crippen molar-refractivity contribution >= 4 is 11.9 Å². The van der Waals surface area contributed by atoms with E-state index in [2.05, 4.69) is 0 Å². The normalized spacial score (nSPS) is 13.3. The second kappa shape index (κ2) is 7.51. The second-order valence-corrected chi connectivity index (χ2v) is 1.84. The molecule has 0 aromatic carbocycles. The first-order valence-electron chi connectivity index (χ1n) is 3.81. The summed E-state index contributed by atoms with van der Waals surface area (Å²) in [5.41, 5.74) is 0. The van der Waals surface area contributed by atoms with Crippen LogP contribution in [0.1, 0.15) is 13.8 Å². The Hall–Kier alpha value is -1.14. The van der Waals surface area contributed by atoms with Crippen LogP contribution < -0.4 is 5.32 Å². The molecule has 0 heterocycles. The summed E-state index contributed by atoms with van der Waals surface area (Å²) in [6, 6.07) is 0. The summed E-state index contributed by atoms with van der Waals surface area (Å²) in [5.74, 6) is -2.57. The maximum atomic E-state index is 10.5. The van der Waals surface area contributed by atoms with Crippen LogP contribution >= 0.6 is 0 Å². The van der Waals surface area contributed by atoms with E-state index in [1.807, 2.05) is 19.2 Å². The molecule has 0 aromatic rings. The van der Waals surface area contributed by atoms with Crippen LogP contribution in [0, 0.1) is 0 Å². The Morgan fingerprint density at radius 1 is 1.15 bits per heavy atom. The molecule has 0 fully saturated rings. The Kier molecular flexibility index (Phi) is 8.31. The molecule has 0 radical (unpaired) electrons. The standard InChI is InChI=1S/C5H9NO5.C2H6/c1-6-4(9)2(7)3(8)5(10)11;1-2/h2-3,7-8H,1H3,(H,6,9)(H,10,11);1-2H3/t2-,3-;/m1./s1. The third-order valence-corrected chi connectivity index (χ3v) is 1.07. The van der Waals surface area contributed by atoms with Gasteiger partial charge in [-0.2, -0.15) is 0 Å². The molecule has 13 heavy (non-hydrogen) atoms. The van der Waals surface area contributed by atoms with Crippen LogP contribution in [0.5, 0.6) is 0 Å². The van der Waals surface area contributed by atoms with Gasteiger partial charge in [-0.25, -0.2) is 4.79 Å². The fraction of sp³-hybridized carbons (Fsp3) is 0.714. The molecule has 78 valence electrons. The lowest BCUT2D eigenvalue weighted by Gasteiger charge is -2.11. The van der Waals surface area contributed by atoms with E-state index in [9.17, 15) is 9.59 Å². The average molecular weight is 193 g/mol. The monoisotopic (exact) mass is 193 g/mol. The molecular weight excluding hydrogens is 178 g/mol. The number of hydrogen-bond donors (Lipinski definition) is 4. The molecule has 0 aliphatic rings. The van der Waals surface area contributed by atoms with Gasteiger partial charge in [0.1, 0.15) is 0 Å². The number of nitrogens with one attached hydrogen (secondary N) is 1. The van der Waals surface area contributed by atoms with Crippen LogP contribution in [0.2, 0.25) is 0 Å². The summed E-state index contributed by atoms with van der Waals surface area (Å²) in [6.45, 7) is 4.00. The van der Waals surface area contributed by atoms with Crippen LogP contribution in [0.4, 0.5) is 0 Å². The molecule has 4 N–H and O–H groups in total. The minimum atomic E-state index is -2.07. The molecule has 0 saturated carbocycles. The smallest absolute Gasteiger partial charge is 0.335 e. The van der Waals surface area contributed by atoms with Crippen LogP contribution in [0.15, 0.2) is 0 Å². The Bertz CT molecular complexity index is 170. The van der Waals surface area contributed by atoms with Gasteiger partial charge in [-0.3, -0.25) is 4.79 Å². The van der Waals surface area contributed by atoms with Gasteiger partial charge in [-0.05, 0) is 0 Å². The molecule has 0 aliphatic carbocycles. The van der Waals surface area contributed by atoms with E-state index in [1.54, 1.807) is 0 Å². The highest BCUT2D eigenvalue weighted by Crippen LogP contribution is 1.92. The molecule has 1 amide bonds. The van der Waals surface area contributed by atoms with Crippen molar-refractivity contribution in [3.8, 4) is 0 Å². The van der Waals surface area contributed by atoms with E-state index in [0.29, 0.717) is 0 Å². The van der Waals surface area contributed by atoms with E-state index in [4.69, 9.17) is 15.3 Å². The number of carbonyl (C=O) groups is 2. The number of aliphatic hydroxyl groups excluding tert-OH is 2. The van der Waals surface area contributed by atoms with Crippen LogP contribution in [0.3, 0.4) is 0 Å². The van der Waals surface area contributed by atoms with Gasteiger partial charge in [-0.15, -0.1) is 0 Å². The summed E-state index contributed by atoms with van der Waals surface area (Å²) in [7, 11) is 1.22. The van der Waals surface area contributed by atoms with Crippen molar-refractivity contribution in [1.29, 1.82) is 0 Å². The first-order chi connectivity index (χ1) is 6.00. The molecule has 0 aromatic heterocycles. The number of aliphatic hydroxyl groups is 2. The summed E-state index contributed by atoms with van der Waals surface area (Å²) >= 11 is 0. The van der Waals surface area contributed by atoms with E-state index >= 15 is 0 Å². The number of likely N-dealkylation sites (N-methyl/N-ethyl adjacent to an activating group) is 1. The topological polar surface area (TPSA) is 107 Å². The molecule has 0 saturated heterocycles. The molecule has 6 heteroatoms. The molecule has 0 spiro atoms. The van der Waals surface area contributed by atoms with Crippen molar-refractivity contribution in [1.82, 2.24) is 5.32 Å². The van der Waals surface area contributed by atoms with E-state index in [-0.39, 0.29) is 0 Å². The first kappa shape index (κ1) is 14.4. The number of carbonyl (C=O) groups excluding carboxylic acids is 1. The summed E-state index contributed by atoms with van der Waals surface area (Å²) < 4.78 is 0. The zero-order chi connectivity index (χ0) is 11.0. The van der Waals surface area contributed by atoms with Crippen LogP contribution in [0.25, 0.3) is 0 Å². The minimum Gasteiger partial charge on any atom is -0.479 e. The van der Waals surface area contributed by atoms with E-state index in [0.717, 1.165) is 0 Å². The molecule has 0 aliphatic heterocycles. The van der Waals surface area contributed by atoms with Gasteiger partial charge in [0.05, 0.1) is 0 Å². The fourth-order valence-corrected chi connectivity index (χ4v) is 0.426. The SMILES string of the molecule is CC.CNC(=O)[C@H](O)[C@@H](O)C(=O)O. The highest BCUT2D eigenvalue weighted by atomic mass is 16.4. The quantitative estimate of drug-likeness (QED) is 0.439. The van der Waals surface area contributed by atoms with Crippen molar-refractivity contribution in [3.05, 3.63) is 0 Å². The van der Waals surface area contributed by atoms with Crippen LogP contribution in [-0.4, -0.2) is 46.5 Å². The molecule has 2 atom stereocenters. The predicted molar refractivity (Wildman–Crippen MR) is 45.1 cm³/mol. The third-order valence-electron chi connectivity index (χ3n) is 1.07. The number of carboxylic acid groups (broad SMARTS) is 1. The lowest BCUT2D eigenvalue weighted by molar-refractivity contribution is -0.158. The summed E-state index contributed by atoms with van der Waals surface area (Å²) in [6.07, 6.45) is -3.99. The second-order valence-electron chi connectivity index (χ2n) is 1.84. The third kappa shape index (κ3) is 5.15. The molecule has 0 unspecified atom stereocenters. The maximum Gasteiger partial charge on any atom is 0.335 e. The van der Waals surface area contributed by atoms with Crippen molar-refractivity contribution in [2.75, 3.05) is 7.05 Å². The summed E-state index contributed by atoms with van der Waals surface area (Å²) in [5, 5.41) is 27.4. The average Bonchev–Trinajstić information content (AvgIpc) is 2.17. The first-order valence-corrected chi connectivity index (χ1v) is 3.81. The van der Waals surface area contributed by atoms with E-state index in [1.165, 1.54) is 7.05 Å². The number of carboxylic acids is 1. The fourth-order valence-electron chi connectivity index (χ4n) is 0.426. The lowest BCUT2D eigenvalue weighted by atomic mass is 10.2. The number of aliphatic carboxylic acids is 1. The van der Waals surface area contributed by atoms with Gasteiger partial charge in [-0.1, -0.05) is 13.8 Å². The van der Waals surface area contributed by atoms with Gasteiger partial charge in [0.25, 0.3) is 5.91 Å². The Morgan fingerprint density at radius 3 is 1.77 bits per heavy atom. The number of hydrogen-bond acceptors (Lipinski definition) is 4. The zero-order valence-electron chi connectivity index (χ0n) is 7.81. The van der Waals surface area contributed by atoms with Gasteiger partial charge in [0.2, 0.25) is 0 Å². The predicted octanol–water partition coefficient (Wildman–Crippen LogP) is -1.43. The Morgan fingerprint density at radius 2 is 1.54 bits per heavy atom. The Balaban J connectivity index is 0. The summed E-state index contributed by atoms with van der Waals surface area (Å²) in [4.78, 5) is 20.4. The van der Waals surface area contributed by atoms with Crippen molar-refractivity contribution in [3.63, 3.8) is 0 Å². The van der Waals surface area contributed by atoms with E-state index < -0.39 is 24.1 Å². The molecule has 0 bridgehead atoms. The molecule has 6 nitrogen and oxygen atoms in total. The largest absolute Gasteiger partial charge is 0.479 e. The minimum absolute atomic E-state index is 0.931. The van der Waals surface area contributed by atoms with Gasteiger partial charge < -0.3 is 20.6 Å². The Labute approximate surface area is 76.2 Å².